The summed E-state index contributed by atoms with van der Waals surface area (Å²) >= 11 is 0. The van der Waals surface area contributed by atoms with Crippen molar-refractivity contribution >= 4 is 11.8 Å². The zero-order valence-electron chi connectivity index (χ0n) is 10.6. The van der Waals surface area contributed by atoms with E-state index >= 15 is 0 Å². The van der Waals surface area contributed by atoms with Crippen LogP contribution < -0.4 is 9.47 Å². The van der Waals surface area contributed by atoms with Gasteiger partial charge in [0.25, 0.3) is 0 Å². The summed E-state index contributed by atoms with van der Waals surface area (Å²) in [5, 5.41) is 21.5. The van der Waals surface area contributed by atoms with Crippen LogP contribution in [-0.2, 0) is 0 Å². The number of hydrogen-bond donors (Lipinski definition) is 0. The molecular formula is C11H12N2O6. The van der Waals surface area contributed by atoms with Crippen LogP contribution in [0.4, 0.5) is 5.69 Å². The second kappa shape index (κ2) is 5.80. The SMILES string of the molecule is COc1cc(C)c(OC)c([N+](=O)[O-])c1/C=C/[N+](=O)[O-]. The molecule has 102 valence electrons. The highest BCUT2D eigenvalue weighted by molar-refractivity contribution is 5.73. The maximum absolute atomic E-state index is 11.1. The van der Waals surface area contributed by atoms with Crippen molar-refractivity contribution in [3.63, 3.8) is 0 Å². The van der Waals surface area contributed by atoms with Crippen LogP contribution in [-0.4, -0.2) is 24.1 Å². The standard InChI is InChI=1S/C11H12N2O6/c1-7-6-9(18-2)8(4-5-12(14)15)10(13(16)17)11(7)19-3/h4-6H,1-3H3/b5-4+. The van der Waals surface area contributed by atoms with Crippen LogP contribution in [0.1, 0.15) is 11.1 Å². The molecule has 1 aromatic carbocycles. The molecule has 1 rings (SSSR count). The van der Waals surface area contributed by atoms with E-state index in [0.717, 1.165) is 6.08 Å². The van der Waals surface area contributed by atoms with E-state index in [0.29, 0.717) is 11.8 Å². The molecule has 8 heteroatoms. The number of nitrogens with zero attached hydrogens (tertiary/aromatic N) is 2. The minimum absolute atomic E-state index is 0.00773. The van der Waals surface area contributed by atoms with E-state index < -0.39 is 9.85 Å². The third kappa shape index (κ3) is 2.97. The summed E-state index contributed by atoms with van der Waals surface area (Å²) in [5.41, 5.74) is 0.133. The van der Waals surface area contributed by atoms with Gasteiger partial charge in [0.1, 0.15) is 11.3 Å². The van der Waals surface area contributed by atoms with Crippen molar-refractivity contribution in [2.75, 3.05) is 14.2 Å². The lowest BCUT2D eigenvalue weighted by Gasteiger charge is -2.11. The summed E-state index contributed by atoms with van der Waals surface area (Å²) in [7, 11) is 2.62. The maximum atomic E-state index is 11.1. The van der Waals surface area contributed by atoms with Crippen LogP contribution in [0.15, 0.2) is 12.3 Å². The Morgan fingerprint density at radius 1 is 1.21 bits per heavy atom. The molecule has 0 fully saturated rings. The fourth-order valence-corrected chi connectivity index (χ4v) is 1.67. The molecule has 1 aromatic rings. The highest BCUT2D eigenvalue weighted by atomic mass is 16.6. The van der Waals surface area contributed by atoms with Gasteiger partial charge in [0.15, 0.2) is 0 Å². The summed E-state index contributed by atoms with van der Waals surface area (Å²) in [6, 6.07) is 1.52. The average Bonchev–Trinajstić information content (AvgIpc) is 2.35. The summed E-state index contributed by atoms with van der Waals surface area (Å²) in [5.74, 6) is 0.219. The molecule has 0 aliphatic rings. The molecule has 8 nitrogen and oxygen atoms in total. The van der Waals surface area contributed by atoms with Crippen LogP contribution >= 0.6 is 0 Å². The third-order valence-electron chi connectivity index (χ3n) is 2.41. The van der Waals surface area contributed by atoms with Gasteiger partial charge in [0.2, 0.25) is 11.9 Å². The molecule has 0 saturated heterocycles. The molecule has 0 saturated carbocycles. The van der Waals surface area contributed by atoms with Crippen molar-refractivity contribution in [3.8, 4) is 11.5 Å². The zero-order valence-corrected chi connectivity index (χ0v) is 10.6. The molecule has 0 aromatic heterocycles. The Kier molecular flexibility index (Phi) is 4.41. The minimum Gasteiger partial charge on any atom is -0.496 e. The van der Waals surface area contributed by atoms with Crippen molar-refractivity contribution < 1.29 is 19.3 Å². The number of methoxy groups -OCH3 is 2. The number of rotatable bonds is 5. The lowest BCUT2D eigenvalue weighted by atomic mass is 10.1. The summed E-state index contributed by atoms with van der Waals surface area (Å²) < 4.78 is 10.00. The fourth-order valence-electron chi connectivity index (χ4n) is 1.67. The van der Waals surface area contributed by atoms with Gasteiger partial charge in [-0.1, -0.05) is 0 Å². The maximum Gasteiger partial charge on any atom is 0.322 e. The highest BCUT2D eigenvalue weighted by Crippen LogP contribution is 2.40. The van der Waals surface area contributed by atoms with E-state index in [9.17, 15) is 20.2 Å². The number of nitro benzene ring substituents is 1. The fraction of sp³-hybridized carbons (Fsp3) is 0.273. The lowest BCUT2D eigenvalue weighted by molar-refractivity contribution is -0.401. The second-order valence-corrected chi connectivity index (χ2v) is 3.55. The topological polar surface area (TPSA) is 105 Å². The molecule has 0 bridgehead atoms. The quantitative estimate of drug-likeness (QED) is 0.598. The molecular weight excluding hydrogens is 256 g/mol. The van der Waals surface area contributed by atoms with Crippen molar-refractivity contribution in [2.24, 2.45) is 0 Å². The molecule has 0 heterocycles. The number of ether oxygens (including phenoxy) is 2. The molecule has 19 heavy (non-hydrogen) atoms. The Bertz CT molecular complexity index is 553. The third-order valence-corrected chi connectivity index (χ3v) is 2.41. The largest absolute Gasteiger partial charge is 0.496 e. The van der Waals surface area contributed by atoms with Gasteiger partial charge in [-0.2, -0.15) is 0 Å². The van der Waals surface area contributed by atoms with Gasteiger partial charge in [-0.05, 0) is 13.0 Å². The van der Waals surface area contributed by atoms with E-state index in [1.165, 1.54) is 20.3 Å². The van der Waals surface area contributed by atoms with Crippen LogP contribution in [0.5, 0.6) is 11.5 Å². The molecule has 0 unspecified atom stereocenters. The van der Waals surface area contributed by atoms with E-state index in [1.807, 2.05) is 0 Å². The average molecular weight is 268 g/mol. The van der Waals surface area contributed by atoms with Gasteiger partial charge in [-0.3, -0.25) is 20.2 Å². The van der Waals surface area contributed by atoms with Gasteiger partial charge in [0, 0.05) is 11.6 Å². The number of nitro groups is 2. The summed E-state index contributed by atoms with van der Waals surface area (Å²) in [6.45, 7) is 1.62. The van der Waals surface area contributed by atoms with Crippen molar-refractivity contribution in [1.82, 2.24) is 0 Å². The van der Waals surface area contributed by atoms with Crippen LogP contribution in [0.25, 0.3) is 6.08 Å². The molecule has 0 amide bonds. The number of hydrogen-bond acceptors (Lipinski definition) is 6. The first-order chi connectivity index (χ1) is 8.92. The molecule has 0 aliphatic heterocycles. The number of aryl methyl sites for hydroxylation is 1. The second-order valence-electron chi connectivity index (χ2n) is 3.55. The Balaban J connectivity index is 3.63. The molecule has 0 spiro atoms. The Labute approximate surface area is 108 Å². The Morgan fingerprint density at radius 3 is 2.26 bits per heavy atom. The van der Waals surface area contributed by atoms with Crippen molar-refractivity contribution in [2.45, 2.75) is 6.92 Å². The van der Waals surface area contributed by atoms with E-state index in [4.69, 9.17) is 9.47 Å². The molecule has 0 radical (unpaired) electrons. The van der Waals surface area contributed by atoms with E-state index in [-0.39, 0.29) is 22.7 Å². The van der Waals surface area contributed by atoms with E-state index in [2.05, 4.69) is 0 Å². The van der Waals surface area contributed by atoms with Gasteiger partial charge < -0.3 is 9.47 Å². The Hall–Kier alpha value is -2.64. The van der Waals surface area contributed by atoms with Gasteiger partial charge >= 0.3 is 5.69 Å². The molecule has 0 atom stereocenters. The van der Waals surface area contributed by atoms with Crippen molar-refractivity contribution in [3.05, 3.63) is 43.6 Å². The van der Waals surface area contributed by atoms with Gasteiger partial charge in [0.05, 0.1) is 24.1 Å². The predicted octanol–water partition coefficient (Wildman–Crippen LogP) is 2.17. The van der Waals surface area contributed by atoms with Gasteiger partial charge in [-0.15, -0.1) is 0 Å². The van der Waals surface area contributed by atoms with Crippen LogP contribution in [0.2, 0.25) is 0 Å². The first kappa shape index (κ1) is 14.4. The summed E-state index contributed by atoms with van der Waals surface area (Å²) in [6.07, 6.45) is 1.62. The van der Waals surface area contributed by atoms with E-state index in [1.54, 1.807) is 6.92 Å². The smallest absolute Gasteiger partial charge is 0.322 e. The first-order valence-electron chi connectivity index (χ1n) is 5.14. The van der Waals surface area contributed by atoms with Gasteiger partial charge in [-0.25, -0.2) is 0 Å². The predicted molar refractivity (Wildman–Crippen MR) is 67.0 cm³/mol. The lowest BCUT2D eigenvalue weighted by Crippen LogP contribution is -2.01. The van der Waals surface area contributed by atoms with Crippen molar-refractivity contribution in [1.29, 1.82) is 0 Å². The highest BCUT2D eigenvalue weighted by Gasteiger charge is 2.26. The van der Waals surface area contributed by atoms with Crippen LogP contribution in [0.3, 0.4) is 0 Å². The number of benzene rings is 1. The zero-order chi connectivity index (χ0) is 14.6. The Morgan fingerprint density at radius 2 is 1.84 bits per heavy atom. The molecule has 0 aliphatic carbocycles. The summed E-state index contributed by atoms with van der Waals surface area (Å²) in [4.78, 5) is 20.1. The first-order valence-corrected chi connectivity index (χ1v) is 5.14. The monoisotopic (exact) mass is 268 g/mol. The molecule has 0 N–H and O–H groups in total. The normalized spacial score (nSPS) is 10.5. The van der Waals surface area contributed by atoms with Crippen LogP contribution in [0, 0.1) is 27.2 Å². The minimum atomic E-state index is -0.713.